The fourth-order valence-corrected chi connectivity index (χ4v) is 5.11. The Labute approximate surface area is 201 Å². The highest BCUT2D eigenvalue weighted by Gasteiger charge is 2.23. The summed E-state index contributed by atoms with van der Waals surface area (Å²) in [7, 11) is -0.600. The number of sulfonamides is 1. The van der Waals surface area contributed by atoms with Gasteiger partial charge in [-0.2, -0.15) is 4.31 Å². The molecule has 2 rings (SSSR count). The van der Waals surface area contributed by atoms with Crippen LogP contribution in [0.2, 0.25) is 0 Å². The number of carbonyl (C=O) groups excluding carboxylic acids is 2. The number of hydrogen-bond donors (Lipinski definition) is 2. The van der Waals surface area contributed by atoms with Crippen LogP contribution in [-0.4, -0.2) is 58.4 Å². The van der Waals surface area contributed by atoms with Crippen molar-refractivity contribution in [1.29, 1.82) is 0 Å². The summed E-state index contributed by atoms with van der Waals surface area (Å²) >= 11 is 0. The van der Waals surface area contributed by atoms with Gasteiger partial charge in [-0.05, 0) is 55.3 Å². The van der Waals surface area contributed by atoms with Gasteiger partial charge in [0, 0.05) is 18.7 Å². The molecule has 0 spiro atoms. The molecule has 0 aliphatic carbocycles. The van der Waals surface area contributed by atoms with Crippen molar-refractivity contribution < 1.29 is 27.5 Å². The highest BCUT2D eigenvalue weighted by Crippen LogP contribution is 2.32. The van der Waals surface area contributed by atoms with E-state index in [1.807, 2.05) is 19.9 Å². The lowest BCUT2D eigenvalue weighted by molar-refractivity contribution is -0.120. The summed E-state index contributed by atoms with van der Waals surface area (Å²) in [4.78, 5) is 25.1. The number of nitrogens with one attached hydrogen (secondary N) is 2. The van der Waals surface area contributed by atoms with Crippen LogP contribution in [0.4, 0.5) is 0 Å². The molecule has 0 aliphatic rings. The number of carbonyl (C=O) groups is 2. The van der Waals surface area contributed by atoms with Gasteiger partial charge in [0.2, 0.25) is 15.9 Å². The van der Waals surface area contributed by atoms with E-state index >= 15 is 0 Å². The summed E-state index contributed by atoms with van der Waals surface area (Å²) < 4.78 is 37.4. The molecule has 0 saturated carbocycles. The molecule has 0 fully saturated rings. The van der Waals surface area contributed by atoms with Gasteiger partial charge >= 0.3 is 0 Å². The monoisotopic (exact) mass is 491 g/mol. The molecular formula is C24H33N3O6S. The number of amides is 2. The second-order valence-electron chi connectivity index (χ2n) is 7.65. The van der Waals surface area contributed by atoms with E-state index < -0.39 is 15.9 Å². The highest BCUT2D eigenvalue weighted by atomic mass is 32.2. The lowest BCUT2D eigenvalue weighted by atomic mass is 10.0. The van der Waals surface area contributed by atoms with E-state index in [2.05, 4.69) is 10.6 Å². The fourth-order valence-electron chi connectivity index (χ4n) is 3.61. The summed E-state index contributed by atoms with van der Waals surface area (Å²) in [5.74, 6) is 0.223. The molecule has 9 nitrogen and oxygen atoms in total. The first kappa shape index (κ1) is 27.1. The lowest BCUT2D eigenvalue weighted by Crippen LogP contribution is -2.38. The first-order chi connectivity index (χ1) is 16.1. The minimum atomic E-state index is -3.70. The largest absolute Gasteiger partial charge is 0.493 e. The Hall–Kier alpha value is -3.11. The molecule has 1 atom stereocenters. The summed E-state index contributed by atoms with van der Waals surface area (Å²) in [6, 6.07) is 9.07. The zero-order chi connectivity index (χ0) is 25.5. The van der Waals surface area contributed by atoms with Crippen LogP contribution in [0.3, 0.4) is 0 Å². The molecule has 0 heterocycles. The van der Waals surface area contributed by atoms with Gasteiger partial charge in [0.05, 0.1) is 31.7 Å². The number of rotatable bonds is 11. The quantitative estimate of drug-likeness (QED) is 0.500. The number of aryl methyl sites for hydroxylation is 1. The van der Waals surface area contributed by atoms with Crippen LogP contribution in [0.15, 0.2) is 41.3 Å². The topological polar surface area (TPSA) is 114 Å². The van der Waals surface area contributed by atoms with E-state index in [9.17, 15) is 18.0 Å². The van der Waals surface area contributed by atoms with E-state index in [0.29, 0.717) is 24.6 Å². The Morgan fingerprint density at radius 2 is 1.65 bits per heavy atom. The standard InChI is InChI=1S/C24H33N3O6S/c1-7-27(8-2)34(30,31)19-11-9-10-18(13-19)24(29)25-15-23(28)26-17(4)20-14-22(33-6)21(32-5)12-16(20)3/h9-14,17H,7-8,15H2,1-6H3,(H,25,29)(H,26,28). The fraction of sp³-hybridized carbons (Fsp3) is 0.417. The van der Waals surface area contributed by atoms with Crippen LogP contribution in [0.1, 0.15) is 48.3 Å². The van der Waals surface area contributed by atoms with Gasteiger partial charge in [0.1, 0.15) is 0 Å². The molecule has 0 bridgehead atoms. The Bertz CT molecular complexity index is 1130. The van der Waals surface area contributed by atoms with Crippen molar-refractivity contribution in [3.05, 3.63) is 53.1 Å². The SMILES string of the molecule is CCN(CC)S(=O)(=O)c1cccc(C(=O)NCC(=O)NC(C)c2cc(OC)c(OC)cc2C)c1. The van der Waals surface area contributed by atoms with Crippen LogP contribution in [0.5, 0.6) is 11.5 Å². The van der Waals surface area contributed by atoms with Crippen molar-refractivity contribution in [2.24, 2.45) is 0 Å². The number of benzene rings is 2. The van der Waals surface area contributed by atoms with Crippen LogP contribution in [0, 0.1) is 6.92 Å². The van der Waals surface area contributed by atoms with Crippen molar-refractivity contribution in [2.45, 2.75) is 38.6 Å². The van der Waals surface area contributed by atoms with Gasteiger partial charge in [-0.3, -0.25) is 9.59 Å². The van der Waals surface area contributed by atoms with E-state index in [0.717, 1.165) is 11.1 Å². The number of ether oxygens (including phenoxy) is 2. The third-order valence-corrected chi connectivity index (χ3v) is 7.51. The number of nitrogens with zero attached hydrogens (tertiary/aromatic N) is 1. The molecule has 2 aromatic carbocycles. The smallest absolute Gasteiger partial charge is 0.251 e. The molecule has 0 radical (unpaired) electrons. The maximum atomic E-state index is 12.7. The molecule has 2 aromatic rings. The van der Waals surface area contributed by atoms with Crippen molar-refractivity contribution in [2.75, 3.05) is 33.9 Å². The molecule has 34 heavy (non-hydrogen) atoms. The van der Waals surface area contributed by atoms with E-state index in [1.165, 1.54) is 35.7 Å². The van der Waals surface area contributed by atoms with Crippen LogP contribution < -0.4 is 20.1 Å². The molecular weight excluding hydrogens is 458 g/mol. The Morgan fingerprint density at radius 3 is 2.24 bits per heavy atom. The molecule has 2 amide bonds. The van der Waals surface area contributed by atoms with Gasteiger partial charge in [-0.15, -0.1) is 0 Å². The van der Waals surface area contributed by atoms with E-state index in [4.69, 9.17) is 9.47 Å². The van der Waals surface area contributed by atoms with Gasteiger partial charge in [-0.25, -0.2) is 8.42 Å². The summed E-state index contributed by atoms with van der Waals surface area (Å²) in [6.07, 6.45) is 0. The van der Waals surface area contributed by atoms with E-state index in [-0.39, 0.29) is 29.0 Å². The first-order valence-corrected chi connectivity index (χ1v) is 12.4. The molecule has 0 saturated heterocycles. The van der Waals surface area contributed by atoms with Crippen molar-refractivity contribution in [3.63, 3.8) is 0 Å². The molecule has 0 aromatic heterocycles. The average molecular weight is 492 g/mol. The third kappa shape index (κ3) is 6.27. The Balaban J connectivity index is 2.05. The van der Waals surface area contributed by atoms with Crippen molar-refractivity contribution >= 4 is 21.8 Å². The van der Waals surface area contributed by atoms with Gasteiger partial charge < -0.3 is 20.1 Å². The zero-order valence-corrected chi connectivity index (χ0v) is 21.3. The van der Waals surface area contributed by atoms with Crippen LogP contribution in [-0.2, 0) is 14.8 Å². The zero-order valence-electron chi connectivity index (χ0n) is 20.5. The highest BCUT2D eigenvalue weighted by molar-refractivity contribution is 7.89. The average Bonchev–Trinajstić information content (AvgIpc) is 2.82. The molecule has 1 unspecified atom stereocenters. The second-order valence-corrected chi connectivity index (χ2v) is 9.59. The maximum absolute atomic E-state index is 12.7. The van der Waals surface area contributed by atoms with E-state index in [1.54, 1.807) is 27.0 Å². The van der Waals surface area contributed by atoms with Gasteiger partial charge in [0.15, 0.2) is 11.5 Å². The third-order valence-electron chi connectivity index (χ3n) is 5.47. The Kier molecular flexibility index (Phi) is 9.46. The van der Waals surface area contributed by atoms with Crippen molar-refractivity contribution in [3.8, 4) is 11.5 Å². The molecule has 186 valence electrons. The van der Waals surface area contributed by atoms with Gasteiger partial charge in [0.25, 0.3) is 5.91 Å². The number of methoxy groups -OCH3 is 2. The molecule has 10 heteroatoms. The molecule has 2 N–H and O–H groups in total. The summed E-state index contributed by atoms with van der Waals surface area (Å²) in [5, 5.41) is 5.39. The normalized spacial score (nSPS) is 12.2. The van der Waals surface area contributed by atoms with Gasteiger partial charge in [-0.1, -0.05) is 19.9 Å². The number of hydrogen-bond acceptors (Lipinski definition) is 6. The molecule has 0 aliphatic heterocycles. The van der Waals surface area contributed by atoms with Crippen LogP contribution >= 0.6 is 0 Å². The Morgan fingerprint density at radius 1 is 1.03 bits per heavy atom. The predicted molar refractivity (Wildman–Crippen MR) is 130 cm³/mol. The first-order valence-electron chi connectivity index (χ1n) is 11.0. The van der Waals surface area contributed by atoms with Crippen LogP contribution in [0.25, 0.3) is 0 Å². The lowest BCUT2D eigenvalue weighted by Gasteiger charge is -2.19. The summed E-state index contributed by atoms with van der Waals surface area (Å²) in [5.41, 5.74) is 1.93. The second kappa shape index (κ2) is 11.8. The minimum absolute atomic E-state index is 0.0332. The minimum Gasteiger partial charge on any atom is -0.493 e. The van der Waals surface area contributed by atoms with Crippen molar-refractivity contribution in [1.82, 2.24) is 14.9 Å². The summed E-state index contributed by atoms with van der Waals surface area (Å²) in [6.45, 7) is 7.63. The predicted octanol–water partition coefficient (Wildman–Crippen LogP) is 2.65. The maximum Gasteiger partial charge on any atom is 0.251 e.